The Bertz CT molecular complexity index is 682. The fraction of sp³-hybridized carbons (Fsp3) is 0.550. The van der Waals surface area contributed by atoms with Crippen LogP contribution in [0.2, 0.25) is 0 Å². The van der Waals surface area contributed by atoms with E-state index in [0.717, 1.165) is 0 Å². The molecular formula is C20H29N3O5. The Morgan fingerprint density at radius 3 is 2.11 bits per heavy atom. The number of methoxy groups -OCH3 is 1. The molecule has 154 valence electrons. The third-order valence-corrected chi connectivity index (χ3v) is 4.69. The zero-order chi connectivity index (χ0) is 20.7. The Morgan fingerprint density at radius 1 is 1.04 bits per heavy atom. The second-order valence-corrected chi connectivity index (χ2v) is 6.93. The summed E-state index contributed by atoms with van der Waals surface area (Å²) in [6.45, 7) is 7.54. The van der Waals surface area contributed by atoms with Crippen LogP contribution in [-0.4, -0.2) is 73.6 Å². The van der Waals surface area contributed by atoms with Crippen LogP contribution in [0, 0.1) is 5.92 Å². The van der Waals surface area contributed by atoms with Gasteiger partial charge in [0.05, 0.1) is 13.7 Å². The summed E-state index contributed by atoms with van der Waals surface area (Å²) in [4.78, 5) is 40.6. The maximum absolute atomic E-state index is 13.0. The minimum absolute atomic E-state index is 0.0715. The van der Waals surface area contributed by atoms with E-state index in [4.69, 9.17) is 9.47 Å². The second-order valence-electron chi connectivity index (χ2n) is 6.93. The van der Waals surface area contributed by atoms with Crippen molar-refractivity contribution in [3.8, 4) is 5.75 Å². The number of hydrogen-bond acceptors (Lipinski definition) is 5. The van der Waals surface area contributed by atoms with Crippen LogP contribution in [0.15, 0.2) is 24.3 Å². The maximum Gasteiger partial charge on any atom is 0.409 e. The molecule has 0 saturated carbocycles. The number of ether oxygens (including phenoxy) is 2. The van der Waals surface area contributed by atoms with Crippen molar-refractivity contribution >= 4 is 17.9 Å². The first-order valence-electron chi connectivity index (χ1n) is 9.52. The number of nitrogens with zero attached hydrogens (tertiary/aromatic N) is 2. The Labute approximate surface area is 165 Å². The van der Waals surface area contributed by atoms with Crippen LogP contribution < -0.4 is 10.1 Å². The smallest absolute Gasteiger partial charge is 0.409 e. The van der Waals surface area contributed by atoms with E-state index in [0.29, 0.717) is 44.1 Å². The lowest BCUT2D eigenvalue weighted by Crippen LogP contribution is -2.57. The topological polar surface area (TPSA) is 88.2 Å². The zero-order valence-corrected chi connectivity index (χ0v) is 16.9. The summed E-state index contributed by atoms with van der Waals surface area (Å²) >= 11 is 0. The molecule has 0 bridgehead atoms. The number of amides is 3. The van der Waals surface area contributed by atoms with Crippen molar-refractivity contribution in [2.75, 3.05) is 39.9 Å². The monoisotopic (exact) mass is 391 g/mol. The SMILES string of the molecule is CCOC(=O)N1CCN(C(=O)C(NC(=O)c2ccc(OC)cc2)C(C)C)CC1. The van der Waals surface area contributed by atoms with Crippen LogP contribution in [0.1, 0.15) is 31.1 Å². The van der Waals surface area contributed by atoms with Crippen LogP contribution in [0.3, 0.4) is 0 Å². The van der Waals surface area contributed by atoms with Crippen molar-refractivity contribution < 1.29 is 23.9 Å². The Hall–Kier alpha value is -2.77. The van der Waals surface area contributed by atoms with Gasteiger partial charge >= 0.3 is 6.09 Å². The number of carbonyl (C=O) groups is 3. The quantitative estimate of drug-likeness (QED) is 0.798. The summed E-state index contributed by atoms with van der Waals surface area (Å²) in [5.41, 5.74) is 0.464. The van der Waals surface area contributed by atoms with Crippen molar-refractivity contribution in [3.63, 3.8) is 0 Å². The minimum Gasteiger partial charge on any atom is -0.497 e. The van der Waals surface area contributed by atoms with E-state index in [2.05, 4.69) is 5.32 Å². The summed E-state index contributed by atoms with van der Waals surface area (Å²) in [5.74, 6) is 0.144. The van der Waals surface area contributed by atoms with E-state index in [9.17, 15) is 14.4 Å². The van der Waals surface area contributed by atoms with Gasteiger partial charge in [-0.05, 0) is 37.1 Å². The summed E-state index contributed by atoms with van der Waals surface area (Å²) in [5, 5.41) is 2.85. The highest BCUT2D eigenvalue weighted by Gasteiger charge is 2.32. The van der Waals surface area contributed by atoms with Crippen molar-refractivity contribution in [1.29, 1.82) is 0 Å². The standard InChI is InChI=1S/C20H29N3O5/c1-5-28-20(26)23-12-10-22(11-13-23)19(25)17(14(2)3)21-18(24)15-6-8-16(27-4)9-7-15/h6-9,14,17H,5,10-13H2,1-4H3,(H,21,24). The van der Waals surface area contributed by atoms with Crippen molar-refractivity contribution in [2.45, 2.75) is 26.8 Å². The van der Waals surface area contributed by atoms with Gasteiger partial charge < -0.3 is 24.6 Å². The highest BCUT2D eigenvalue weighted by atomic mass is 16.6. The predicted octanol–water partition coefficient (Wildman–Crippen LogP) is 1.75. The fourth-order valence-corrected chi connectivity index (χ4v) is 3.00. The van der Waals surface area contributed by atoms with Crippen LogP contribution in [0.4, 0.5) is 4.79 Å². The molecule has 8 heteroatoms. The predicted molar refractivity (Wildman–Crippen MR) is 104 cm³/mol. The Balaban J connectivity index is 1.98. The van der Waals surface area contributed by atoms with Gasteiger partial charge in [0.15, 0.2) is 0 Å². The van der Waals surface area contributed by atoms with E-state index >= 15 is 0 Å². The molecule has 0 aromatic heterocycles. The van der Waals surface area contributed by atoms with Gasteiger partial charge in [-0.15, -0.1) is 0 Å². The number of hydrogen-bond donors (Lipinski definition) is 1. The lowest BCUT2D eigenvalue weighted by atomic mass is 10.0. The van der Waals surface area contributed by atoms with Crippen LogP contribution >= 0.6 is 0 Å². The van der Waals surface area contributed by atoms with Gasteiger partial charge in [-0.2, -0.15) is 0 Å². The molecule has 0 spiro atoms. The van der Waals surface area contributed by atoms with Gasteiger partial charge in [0.1, 0.15) is 11.8 Å². The second kappa shape index (κ2) is 9.96. The molecule has 2 rings (SSSR count). The first kappa shape index (κ1) is 21.5. The molecule has 8 nitrogen and oxygen atoms in total. The molecule has 1 saturated heterocycles. The van der Waals surface area contributed by atoms with Crippen molar-refractivity contribution in [1.82, 2.24) is 15.1 Å². The molecular weight excluding hydrogens is 362 g/mol. The van der Waals surface area contributed by atoms with Gasteiger partial charge in [-0.3, -0.25) is 9.59 Å². The number of nitrogens with one attached hydrogen (secondary N) is 1. The van der Waals surface area contributed by atoms with Crippen molar-refractivity contribution in [2.24, 2.45) is 5.92 Å². The molecule has 0 radical (unpaired) electrons. The fourth-order valence-electron chi connectivity index (χ4n) is 3.00. The van der Waals surface area contributed by atoms with Crippen LogP contribution in [0.5, 0.6) is 5.75 Å². The van der Waals surface area contributed by atoms with E-state index < -0.39 is 6.04 Å². The number of piperazine rings is 1. The van der Waals surface area contributed by atoms with Gasteiger partial charge in [0.25, 0.3) is 5.91 Å². The van der Waals surface area contributed by atoms with Crippen molar-refractivity contribution in [3.05, 3.63) is 29.8 Å². The average molecular weight is 391 g/mol. The minimum atomic E-state index is -0.635. The molecule has 3 amide bonds. The molecule has 1 fully saturated rings. The molecule has 1 aliphatic heterocycles. The zero-order valence-electron chi connectivity index (χ0n) is 16.9. The molecule has 1 heterocycles. The summed E-state index contributed by atoms with van der Waals surface area (Å²) in [6, 6.07) is 6.09. The largest absolute Gasteiger partial charge is 0.497 e. The Kier molecular flexibility index (Phi) is 7.66. The molecule has 1 unspecified atom stereocenters. The highest BCUT2D eigenvalue weighted by molar-refractivity contribution is 5.97. The lowest BCUT2D eigenvalue weighted by Gasteiger charge is -2.36. The molecule has 28 heavy (non-hydrogen) atoms. The molecule has 1 N–H and O–H groups in total. The van der Waals surface area contributed by atoms with E-state index in [1.165, 1.54) is 0 Å². The maximum atomic E-state index is 13.0. The summed E-state index contributed by atoms with van der Waals surface area (Å²) < 4.78 is 10.1. The summed E-state index contributed by atoms with van der Waals surface area (Å²) in [6.07, 6.45) is -0.359. The van der Waals surface area contributed by atoms with E-state index in [-0.39, 0.29) is 23.8 Å². The van der Waals surface area contributed by atoms with E-state index in [1.54, 1.807) is 48.1 Å². The van der Waals surface area contributed by atoms with Gasteiger partial charge in [0, 0.05) is 31.7 Å². The molecule has 1 aromatic rings. The molecule has 1 aromatic carbocycles. The normalized spacial score (nSPS) is 15.2. The third kappa shape index (κ3) is 5.37. The third-order valence-electron chi connectivity index (χ3n) is 4.69. The van der Waals surface area contributed by atoms with Crippen LogP contribution in [0.25, 0.3) is 0 Å². The van der Waals surface area contributed by atoms with Gasteiger partial charge in [-0.25, -0.2) is 4.79 Å². The average Bonchev–Trinajstić information content (AvgIpc) is 2.71. The van der Waals surface area contributed by atoms with Crippen LogP contribution in [-0.2, 0) is 9.53 Å². The van der Waals surface area contributed by atoms with E-state index in [1.807, 2.05) is 13.8 Å². The molecule has 1 atom stereocenters. The molecule has 0 aliphatic carbocycles. The van der Waals surface area contributed by atoms with Gasteiger partial charge in [-0.1, -0.05) is 13.8 Å². The first-order valence-corrected chi connectivity index (χ1v) is 9.52. The number of carbonyl (C=O) groups excluding carboxylic acids is 3. The lowest BCUT2D eigenvalue weighted by molar-refractivity contribution is -0.135. The summed E-state index contributed by atoms with van der Waals surface area (Å²) in [7, 11) is 1.56. The number of benzene rings is 1. The number of rotatable bonds is 6. The Morgan fingerprint density at radius 2 is 1.61 bits per heavy atom. The van der Waals surface area contributed by atoms with Gasteiger partial charge in [0.2, 0.25) is 5.91 Å². The first-order chi connectivity index (χ1) is 13.4. The molecule has 1 aliphatic rings. The highest BCUT2D eigenvalue weighted by Crippen LogP contribution is 2.14.